The molecule has 0 aliphatic carbocycles. The van der Waals surface area contributed by atoms with Crippen LogP contribution in [0.25, 0.3) is 0 Å². The molecule has 2 rings (SSSR count). The van der Waals surface area contributed by atoms with Gasteiger partial charge in [0.2, 0.25) is 0 Å². The number of hydrogen-bond acceptors (Lipinski definition) is 5. The van der Waals surface area contributed by atoms with Crippen molar-refractivity contribution in [3.8, 4) is 0 Å². The Labute approximate surface area is 74.3 Å². The van der Waals surface area contributed by atoms with Crippen LogP contribution in [0.3, 0.4) is 0 Å². The summed E-state index contributed by atoms with van der Waals surface area (Å²) in [7, 11) is 0. The molecule has 2 heterocycles. The van der Waals surface area contributed by atoms with E-state index in [0.717, 1.165) is 0 Å². The summed E-state index contributed by atoms with van der Waals surface area (Å²) in [6.07, 6.45) is -0.00481. The second-order valence-corrected chi connectivity index (χ2v) is 3.02. The minimum absolute atomic E-state index is 0.00241. The fourth-order valence-electron chi connectivity index (χ4n) is 1.45. The smallest absolute Gasteiger partial charge is 0.316 e. The fourth-order valence-corrected chi connectivity index (χ4v) is 1.45. The number of cyclic esters (lactones) is 2. The van der Waals surface area contributed by atoms with Gasteiger partial charge in [-0.3, -0.25) is 9.59 Å². The zero-order valence-electron chi connectivity index (χ0n) is 6.87. The summed E-state index contributed by atoms with van der Waals surface area (Å²) in [6.45, 7) is 3.63. The van der Waals surface area contributed by atoms with Crippen molar-refractivity contribution in [1.82, 2.24) is 0 Å². The highest BCUT2D eigenvalue weighted by Crippen LogP contribution is 2.37. The zero-order chi connectivity index (χ0) is 9.47. The number of esters is 2. The quantitative estimate of drug-likeness (QED) is 0.395. The normalized spacial score (nSPS) is 26.0. The van der Waals surface area contributed by atoms with Crippen LogP contribution in [-0.4, -0.2) is 24.3 Å². The van der Waals surface area contributed by atoms with E-state index in [1.165, 1.54) is 0 Å². The molecule has 0 bridgehead atoms. The molecule has 0 aromatic heterocycles. The Morgan fingerprint density at radius 3 is 2.31 bits per heavy atom. The van der Waals surface area contributed by atoms with Gasteiger partial charge >= 0.3 is 11.9 Å². The summed E-state index contributed by atoms with van der Waals surface area (Å²) < 4.78 is 14.5. The Bertz CT molecular complexity index is 277. The van der Waals surface area contributed by atoms with Crippen LogP contribution in [0, 0.1) is 0 Å². The topological polar surface area (TPSA) is 61.8 Å². The van der Waals surface area contributed by atoms with E-state index in [9.17, 15) is 9.59 Å². The first kappa shape index (κ1) is 8.25. The van der Waals surface area contributed by atoms with Crippen molar-refractivity contribution in [3.63, 3.8) is 0 Å². The Kier molecular flexibility index (Phi) is 1.63. The van der Waals surface area contributed by atoms with Gasteiger partial charge in [0.1, 0.15) is 11.4 Å². The number of hydrogen-bond donors (Lipinski definition) is 0. The highest BCUT2D eigenvalue weighted by Gasteiger charge is 2.49. The molecular formula is C8H8O5. The SMILES string of the molecule is C=C1OCOC12CC(=O)OC(=O)C2. The van der Waals surface area contributed by atoms with E-state index in [-0.39, 0.29) is 19.6 Å². The number of carbonyl (C=O) groups is 2. The summed E-state index contributed by atoms with van der Waals surface area (Å²) in [5.74, 6) is -0.858. The molecule has 2 aliphatic rings. The van der Waals surface area contributed by atoms with E-state index in [1.807, 2.05) is 0 Å². The van der Waals surface area contributed by atoms with Crippen LogP contribution in [0.4, 0.5) is 0 Å². The Balaban J connectivity index is 2.26. The average Bonchev–Trinajstić information content (AvgIpc) is 2.30. The van der Waals surface area contributed by atoms with Crippen LogP contribution in [-0.2, 0) is 23.8 Å². The van der Waals surface area contributed by atoms with Gasteiger partial charge in [0.15, 0.2) is 6.79 Å². The van der Waals surface area contributed by atoms with Gasteiger partial charge in [0.05, 0.1) is 12.8 Å². The third kappa shape index (κ3) is 1.21. The van der Waals surface area contributed by atoms with Crippen LogP contribution >= 0.6 is 0 Å². The molecule has 2 saturated heterocycles. The maximum absolute atomic E-state index is 11.0. The molecular weight excluding hydrogens is 176 g/mol. The number of carbonyl (C=O) groups excluding carboxylic acids is 2. The van der Waals surface area contributed by atoms with Crippen LogP contribution < -0.4 is 0 Å². The van der Waals surface area contributed by atoms with Gasteiger partial charge in [-0.05, 0) is 0 Å². The van der Waals surface area contributed by atoms with Crippen LogP contribution in [0.15, 0.2) is 12.3 Å². The van der Waals surface area contributed by atoms with E-state index in [1.54, 1.807) is 0 Å². The summed E-state index contributed by atoms with van der Waals surface area (Å²) in [6, 6.07) is 0. The first-order valence-corrected chi connectivity index (χ1v) is 3.82. The molecule has 5 heteroatoms. The van der Waals surface area contributed by atoms with Crippen molar-refractivity contribution in [3.05, 3.63) is 12.3 Å². The molecule has 2 aliphatic heterocycles. The van der Waals surface area contributed by atoms with Crippen molar-refractivity contribution in [1.29, 1.82) is 0 Å². The lowest BCUT2D eigenvalue weighted by Crippen LogP contribution is -2.41. The van der Waals surface area contributed by atoms with E-state index in [2.05, 4.69) is 11.3 Å². The second-order valence-electron chi connectivity index (χ2n) is 3.02. The molecule has 0 N–H and O–H groups in total. The fraction of sp³-hybridized carbons (Fsp3) is 0.500. The molecule has 0 radical (unpaired) electrons. The van der Waals surface area contributed by atoms with Crippen molar-refractivity contribution in [2.75, 3.05) is 6.79 Å². The number of rotatable bonds is 0. The lowest BCUT2D eigenvalue weighted by molar-refractivity contribution is -0.173. The second kappa shape index (κ2) is 2.56. The summed E-state index contributed by atoms with van der Waals surface area (Å²) in [5.41, 5.74) is -0.966. The monoisotopic (exact) mass is 184 g/mol. The molecule has 5 nitrogen and oxygen atoms in total. The van der Waals surface area contributed by atoms with Gasteiger partial charge in [-0.15, -0.1) is 0 Å². The van der Waals surface area contributed by atoms with Gasteiger partial charge in [0, 0.05) is 0 Å². The molecule has 0 amide bonds. The first-order valence-electron chi connectivity index (χ1n) is 3.82. The largest absolute Gasteiger partial charge is 0.469 e. The maximum atomic E-state index is 11.0. The minimum atomic E-state index is -0.966. The molecule has 13 heavy (non-hydrogen) atoms. The Hall–Kier alpha value is -1.36. The molecule has 1 spiro atoms. The van der Waals surface area contributed by atoms with Crippen LogP contribution in [0.5, 0.6) is 0 Å². The summed E-state index contributed by atoms with van der Waals surface area (Å²) >= 11 is 0. The van der Waals surface area contributed by atoms with E-state index < -0.39 is 17.5 Å². The predicted octanol–water partition coefficient (Wildman–Crippen LogP) is 0.107. The van der Waals surface area contributed by atoms with Crippen molar-refractivity contribution < 1.29 is 23.8 Å². The van der Waals surface area contributed by atoms with Crippen molar-refractivity contribution in [2.24, 2.45) is 0 Å². The van der Waals surface area contributed by atoms with Gasteiger partial charge in [0.25, 0.3) is 0 Å². The predicted molar refractivity (Wildman–Crippen MR) is 39.2 cm³/mol. The Morgan fingerprint density at radius 1 is 1.23 bits per heavy atom. The highest BCUT2D eigenvalue weighted by molar-refractivity contribution is 5.90. The molecule has 0 aromatic carbocycles. The van der Waals surface area contributed by atoms with E-state index in [4.69, 9.17) is 9.47 Å². The minimum Gasteiger partial charge on any atom is -0.469 e. The highest BCUT2D eigenvalue weighted by atomic mass is 16.7. The van der Waals surface area contributed by atoms with Gasteiger partial charge in [-0.25, -0.2) is 0 Å². The van der Waals surface area contributed by atoms with Gasteiger partial charge in [-0.1, -0.05) is 6.58 Å². The maximum Gasteiger partial charge on any atom is 0.316 e. The van der Waals surface area contributed by atoms with Gasteiger partial charge in [-0.2, -0.15) is 0 Å². The third-order valence-corrected chi connectivity index (χ3v) is 2.16. The van der Waals surface area contributed by atoms with E-state index in [0.29, 0.717) is 5.76 Å². The number of ether oxygens (including phenoxy) is 3. The van der Waals surface area contributed by atoms with Crippen LogP contribution in [0.2, 0.25) is 0 Å². The summed E-state index contributed by atoms with van der Waals surface area (Å²) in [4.78, 5) is 21.9. The lowest BCUT2D eigenvalue weighted by Gasteiger charge is -2.27. The molecule has 0 atom stereocenters. The lowest BCUT2D eigenvalue weighted by atomic mass is 9.92. The summed E-state index contributed by atoms with van der Waals surface area (Å²) in [5, 5.41) is 0. The average molecular weight is 184 g/mol. The molecule has 70 valence electrons. The molecule has 0 aromatic rings. The first-order chi connectivity index (χ1) is 6.12. The van der Waals surface area contributed by atoms with E-state index >= 15 is 0 Å². The third-order valence-electron chi connectivity index (χ3n) is 2.16. The van der Waals surface area contributed by atoms with Crippen LogP contribution in [0.1, 0.15) is 12.8 Å². The van der Waals surface area contributed by atoms with Crippen molar-refractivity contribution in [2.45, 2.75) is 18.4 Å². The van der Waals surface area contributed by atoms with Gasteiger partial charge < -0.3 is 14.2 Å². The molecule has 2 fully saturated rings. The standard InChI is InChI=1S/C8H8O5/c1-5-8(12-4-11-5)2-6(9)13-7(10)3-8/h1-4H2. The Morgan fingerprint density at radius 2 is 1.85 bits per heavy atom. The van der Waals surface area contributed by atoms with Crippen molar-refractivity contribution >= 4 is 11.9 Å². The molecule has 0 unspecified atom stereocenters. The zero-order valence-corrected chi connectivity index (χ0v) is 6.87. The molecule has 0 saturated carbocycles.